The van der Waals surface area contributed by atoms with E-state index in [1.54, 1.807) is 6.92 Å². The Labute approximate surface area is 98.0 Å². The fraction of sp³-hybridized carbons (Fsp3) is 0.800. The smallest absolute Gasteiger partial charge is 0.320 e. The Morgan fingerprint density at radius 3 is 2.18 bits per heavy atom. The number of rotatable bonds is 4. The summed E-state index contributed by atoms with van der Waals surface area (Å²) in [6.45, 7) is -0.687. The van der Waals surface area contributed by atoms with Gasteiger partial charge in [0.2, 0.25) is 6.29 Å². The van der Waals surface area contributed by atoms with Gasteiger partial charge in [0, 0.05) is 6.42 Å². The summed E-state index contributed by atoms with van der Waals surface area (Å²) in [5.74, 6) is -3.14. The molecule has 0 aliphatic carbocycles. The van der Waals surface area contributed by atoms with Crippen molar-refractivity contribution in [3.05, 3.63) is 0 Å². The van der Waals surface area contributed by atoms with Crippen LogP contribution in [0.15, 0.2) is 0 Å². The third-order valence-electron chi connectivity index (χ3n) is 2.92. The summed E-state index contributed by atoms with van der Waals surface area (Å²) >= 11 is 0. The second-order valence-electron chi connectivity index (χ2n) is 3.89. The topological polar surface area (TPSA) is 113 Å². The van der Waals surface area contributed by atoms with Crippen molar-refractivity contribution in [1.82, 2.24) is 0 Å². The molecule has 0 aromatic carbocycles. The fourth-order valence-corrected chi connectivity index (χ4v) is 1.66. The van der Waals surface area contributed by atoms with E-state index in [4.69, 9.17) is 14.6 Å². The number of hydrogen-bond donors (Lipinski definition) is 3. The van der Waals surface area contributed by atoms with Crippen LogP contribution in [0.25, 0.3) is 0 Å². The van der Waals surface area contributed by atoms with Gasteiger partial charge in [0.15, 0.2) is 0 Å². The first-order valence-corrected chi connectivity index (χ1v) is 5.29. The molecule has 1 heterocycles. The van der Waals surface area contributed by atoms with Crippen molar-refractivity contribution >= 4 is 11.9 Å². The molecule has 98 valence electrons. The average Bonchev–Trinajstić information content (AvgIpc) is 2.43. The molecule has 7 nitrogen and oxygen atoms in total. The first kappa shape index (κ1) is 13.9. The van der Waals surface area contributed by atoms with Crippen molar-refractivity contribution in [2.24, 2.45) is 11.3 Å². The molecule has 2 unspecified atom stereocenters. The first-order chi connectivity index (χ1) is 8.05. The summed E-state index contributed by atoms with van der Waals surface area (Å²) in [6, 6.07) is 0. The largest absolute Gasteiger partial charge is 0.425 e. The Morgan fingerprint density at radius 2 is 1.76 bits per heavy atom. The quantitative estimate of drug-likeness (QED) is 0.513. The van der Waals surface area contributed by atoms with Crippen molar-refractivity contribution < 1.29 is 34.4 Å². The Morgan fingerprint density at radius 1 is 1.18 bits per heavy atom. The molecule has 1 rings (SSSR count). The predicted octanol–water partition coefficient (Wildman–Crippen LogP) is -1.60. The predicted molar refractivity (Wildman–Crippen MR) is 53.4 cm³/mol. The summed E-state index contributed by atoms with van der Waals surface area (Å²) in [5, 5.41) is 27.6. The number of cyclic esters (lactones) is 2. The summed E-state index contributed by atoms with van der Waals surface area (Å²) < 4.78 is 9.68. The molecule has 0 bridgehead atoms. The second kappa shape index (κ2) is 5.44. The van der Waals surface area contributed by atoms with Gasteiger partial charge in [-0.05, 0) is 0 Å². The number of hydrogen-bond acceptors (Lipinski definition) is 7. The highest BCUT2D eigenvalue weighted by Crippen LogP contribution is 2.33. The van der Waals surface area contributed by atoms with Crippen molar-refractivity contribution in [3.63, 3.8) is 0 Å². The number of esters is 2. The van der Waals surface area contributed by atoms with Gasteiger partial charge in [0.1, 0.15) is 11.3 Å². The zero-order valence-corrected chi connectivity index (χ0v) is 9.46. The molecular formula is C10H16O7. The number of aliphatic hydroxyl groups excluding tert-OH is 3. The number of ether oxygens (including phenoxy) is 2. The van der Waals surface area contributed by atoms with E-state index in [0.29, 0.717) is 0 Å². The molecule has 7 heteroatoms. The van der Waals surface area contributed by atoms with Gasteiger partial charge in [0.25, 0.3) is 0 Å². The maximum absolute atomic E-state index is 11.8. The van der Waals surface area contributed by atoms with Crippen LogP contribution in [0.5, 0.6) is 0 Å². The molecule has 0 aromatic rings. The molecule has 1 aliphatic heterocycles. The van der Waals surface area contributed by atoms with Gasteiger partial charge in [-0.25, -0.2) is 0 Å². The molecule has 3 N–H and O–H groups in total. The van der Waals surface area contributed by atoms with Crippen LogP contribution >= 0.6 is 0 Å². The molecule has 1 saturated heterocycles. The zero-order valence-electron chi connectivity index (χ0n) is 9.46. The standard InChI is InChI=1S/C10H16O7/c1-2-7-16-8(14)6(3-11)10(4-12,5-13)9(15)17-7/h6-7,11-13H,2-5H2,1H3. The third kappa shape index (κ3) is 2.26. The SMILES string of the molecule is CCC1OC(=O)C(CO)C(CO)(CO)C(=O)O1. The van der Waals surface area contributed by atoms with E-state index in [1.165, 1.54) is 0 Å². The van der Waals surface area contributed by atoms with Gasteiger partial charge in [-0.3, -0.25) is 9.59 Å². The fourth-order valence-electron chi connectivity index (χ4n) is 1.66. The molecular weight excluding hydrogens is 232 g/mol. The molecule has 0 aromatic heterocycles. The van der Waals surface area contributed by atoms with Crippen LogP contribution in [0.3, 0.4) is 0 Å². The molecule has 0 spiro atoms. The molecule has 1 aliphatic rings. The number of carbonyl (C=O) groups excluding carboxylic acids is 2. The van der Waals surface area contributed by atoms with E-state index in [9.17, 15) is 19.8 Å². The van der Waals surface area contributed by atoms with Crippen LogP contribution in [-0.2, 0) is 19.1 Å². The van der Waals surface area contributed by atoms with Crippen molar-refractivity contribution in [3.8, 4) is 0 Å². The lowest BCUT2D eigenvalue weighted by atomic mass is 9.77. The van der Waals surface area contributed by atoms with E-state index in [0.717, 1.165) is 0 Å². The van der Waals surface area contributed by atoms with Crippen LogP contribution in [0.1, 0.15) is 13.3 Å². The second-order valence-corrected chi connectivity index (χ2v) is 3.89. The lowest BCUT2D eigenvalue weighted by molar-refractivity contribution is -0.185. The van der Waals surface area contributed by atoms with Gasteiger partial charge in [-0.1, -0.05) is 6.92 Å². The van der Waals surface area contributed by atoms with Crippen LogP contribution < -0.4 is 0 Å². The lowest BCUT2D eigenvalue weighted by Crippen LogP contribution is -2.49. The normalized spacial score (nSPS) is 28.2. The monoisotopic (exact) mass is 248 g/mol. The highest BCUT2D eigenvalue weighted by molar-refractivity contribution is 5.87. The van der Waals surface area contributed by atoms with Crippen LogP contribution in [0.2, 0.25) is 0 Å². The van der Waals surface area contributed by atoms with Gasteiger partial charge in [0.05, 0.1) is 19.8 Å². The highest BCUT2D eigenvalue weighted by Gasteiger charge is 2.53. The van der Waals surface area contributed by atoms with Crippen molar-refractivity contribution in [1.29, 1.82) is 0 Å². The van der Waals surface area contributed by atoms with E-state index >= 15 is 0 Å². The zero-order chi connectivity index (χ0) is 13.1. The number of carbonyl (C=O) groups is 2. The van der Waals surface area contributed by atoms with Gasteiger partial charge in [-0.15, -0.1) is 0 Å². The van der Waals surface area contributed by atoms with E-state index in [2.05, 4.69) is 0 Å². The van der Waals surface area contributed by atoms with Gasteiger partial charge >= 0.3 is 11.9 Å². The third-order valence-corrected chi connectivity index (χ3v) is 2.92. The molecule has 0 radical (unpaired) electrons. The van der Waals surface area contributed by atoms with E-state index in [-0.39, 0.29) is 6.42 Å². The van der Waals surface area contributed by atoms with Crippen molar-refractivity contribution in [2.75, 3.05) is 19.8 Å². The molecule has 17 heavy (non-hydrogen) atoms. The first-order valence-electron chi connectivity index (χ1n) is 5.29. The summed E-state index contributed by atoms with van der Waals surface area (Å²) in [7, 11) is 0. The van der Waals surface area contributed by atoms with Crippen LogP contribution in [0, 0.1) is 11.3 Å². The van der Waals surface area contributed by atoms with Crippen molar-refractivity contribution in [2.45, 2.75) is 19.6 Å². The Hall–Kier alpha value is -1.18. The maximum Gasteiger partial charge on any atom is 0.320 e. The molecule has 2 atom stereocenters. The van der Waals surface area contributed by atoms with E-state index < -0.39 is 49.4 Å². The molecule has 0 amide bonds. The molecule has 1 fully saturated rings. The van der Waals surface area contributed by atoms with Crippen LogP contribution in [-0.4, -0.2) is 53.4 Å². The Balaban J connectivity index is 3.14. The summed E-state index contributed by atoms with van der Waals surface area (Å²) in [4.78, 5) is 23.5. The van der Waals surface area contributed by atoms with Crippen LogP contribution in [0.4, 0.5) is 0 Å². The van der Waals surface area contributed by atoms with E-state index in [1.807, 2.05) is 0 Å². The lowest BCUT2D eigenvalue weighted by Gasteiger charge is -2.29. The minimum Gasteiger partial charge on any atom is -0.425 e. The van der Waals surface area contributed by atoms with Gasteiger partial charge < -0.3 is 24.8 Å². The maximum atomic E-state index is 11.8. The summed E-state index contributed by atoms with van der Waals surface area (Å²) in [6.07, 6.45) is -0.799. The highest BCUT2D eigenvalue weighted by atomic mass is 16.7. The summed E-state index contributed by atoms with van der Waals surface area (Å²) in [5.41, 5.74) is -1.85. The number of aliphatic hydroxyl groups is 3. The Kier molecular flexibility index (Phi) is 4.44. The molecule has 0 saturated carbocycles. The van der Waals surface area contributed by atoms with Gasteiger partial charge in [-0.2, -0.15) is 0 Å². The minimum absolute atomic E-state index is 0.253. The Bertz CT molecular complexity index is 297. The minimum atomic E-state index is -1.85. The average molecular weight is 248 g/mol.